The van der Waals surface area contributed by atoms with Gasteiger partial charge in [0, 0.05) is 62.8 Å². The molecule has 0 aliphatic carbocycles. The minimum Gasteiger partial charge on any atom is -0.355 e. The summed E-state index contributed by atoms with van der Waals surface area (Å²) >= 11 is 0. The Kier molecular flexibility index (Phi) is 6.80. The number of aryl methyl sites for hydroxylation is 3. The Labute approximate surface area is 224 Å². The van der Waals surface area contributed by atoms with E-state index in [0.29, 0.717) is 11.7 Å². The van der Waals surface area contributed by atoms with Gasteiger partial charge in [-0.1, -0.05) is 24.3 Å². The summed E-state index contributed by atoms with van der Waals surface area (Å²) in [6, 6.07) is 8.80. The van der Waals surface area contributed by atoms with Gasteiger partial charge in [0.05, 0.1) is 18.1 Å². The number of hydrogen-bond acceptors (Lipinski definition) is 8. The highest BCUT2D eigenvalue weighted by Gasteiger charge is 2.26. The molecular formula is C29H37N9. The third kappa shape index (κ3) is 5.13. The summed E-state index contributed by atoms with van der Waals surface area (Å²) in [5.41, 5.74) is 6.87. The SMILES string of the molecule is Cc1nc2nc(C)c(C[C@@H]3CCN(c4cnc(-c5ccc(CN6CCN(C)CC6)cc5)cn4)C3)c(C)n2n1. The van der Waals surface area contributed by atoms with Crippen LogP contribution in [0, 0.1) is 26.7 Å². The van der Waals surface area contributed by atoms with E-state index < -0.39 is 0 Å². The Bertz CT molecular complexity index is 1400. The lowest BCUT2D eigenvalue weighted by Crippen LogP contribution is -2.43. The van der Waals surface area contributed by atoms with Crippen LogP contribution >= 0.6 is 0 Å². The molecule has 1 atom stereocenters. The number of anilines is 1. The first kappa shape index (κ1) is 24.9. The molecule has 198 valence electrons. The first-order valence-corrected chi connectivity index (χ1v) is 13.7. The zero-order chi connectivity index (χ0) is 26.2. The molecular weight excluding hydrogens is 474 g/mol. The number of piperazine rings is 1. The summed E-state index contributed by atoms with van der Waals surface area (Å²) in [5, 5.41) is 4.53. The van der Waals surface area contributed by atoms with Gasteiger partial charge in [-0.25, -0.2) is 14.5 Å². The fraction of sp³-hybridized carbons (Fsp3) is 0.483. The zero-order valence-electron chi connectivity index (χ0n) is 22.9. The highest BCUT2D eigenvalue weighted by Crippen LogP contribution is 2.28. The Morgan fingerprint density at radius 2 is 1.68 bits per heavy atom. The highest BCUT2D eigenvalue weighted by atomic mass is 15.3. The molecule has 2 aliphatic rings. The first-order chi connectivity index (χ1) is 18.4. The van der Waals surface area contributed by atoms with Crippen LogP contribution in [0.5, 0.6) is 0 Å². The average Bonchev–Trinajstić information content (AvgIpc) is 3.55. The number of rotatable bonds is 6. The van der Waals surface area contributed by atoms with Crippen molar-refractivity contribution in [3.05, 3.63) is 65.0 Å². The van der Waals surface area contributed by atoms with Gasteiger partial charge in [0.25, 0.3) is 5.78 Å². The largest absolute Gasteiger partial charge is 0.355 e. The standard InChI is InChI=1S/C29H37N9/c1-20-26(21(2)38-29(32-20)33-22(3)34-38)15-24-9-10-37(19-24)28-17-30-27(16-31-28)25-7-5-23(6-8-25)18-36-13-11-35(4)12-14-36/h5-8,16-17,24H,9-15,18-19H2,1-4H3/t24-/m0/s1. The van der Waals surface area contributed by atoms with E-state index in [-0.39, 0.29) is 0 Å². The summed E-state index contributed by atoms with van der Waals surface area (Å²) in [7, 11) is 2.20. The van der Waals surface area contributed by atoms with Crippen LogP contribution < -0.4 is 4.90 Å². The van der Waals surface area contributed by atoms with Crippen molar-refractivity contribution in [2.45, 2.75) is 40.2 Å². The van der Waals surface area contributed by atoms with Gasteiger partial charge >= 0.3 is 0 Å². The Morgan fingerprint density at radius 1 is 0.895 bits per heavy atom. The molecule has 2 fully saturated rings. The predicted octanol–water partition coefficient (Wildman–Crippen LogP) is 3.32. The van der Waals surface area contributed by atoms with E-state index in [1.165, 1.54) is 11.1 Å². The number of nitrogens with zero attached hydrogens (tertiary/aromatic N) is 9. The van der Waals surface area contributed by atoms with Crippen LogP contribution in [-0.4, -0.2) is 85.7 Å². The molecule has 2 saturated heterocycles. The molecule has 0 saturated carbocycles. The monoisotopic (exact) mass is 511 g/mol. The predicted molar refractivity (Wildman–Crippen MR) is 149 cm³/mol. The molecule has 0 N–H and O–H groups in total. The van der Waals surface area contributed by atoms with Gasteiger partial charge in [-0.3, -0.25) is 9.88 Å². The molecule has 0 spiro atoms. The summed E-state index contributed by atoms with van der Waals surface area (Å²) < 4.78 is 1.88. The molecule has 1 aromatic carbocycles. The Hall–Kier alpha value is -3.43. The van der Waals surface area contributed by atoms with Crippen molar-refractivity contribution >= 4 is 11.6 Å². The molecule has 2 aliphatic heterocycles. The van der Waals surface area contributed by atoms with Crippen molar-refractivity contribution in [2.24, 2.45) is 5.92 Å². The fourth-order valence-corrected chi connectivity index (χ4v) is 5.78. The zero-order valence-corrected chi connectivity index (χ0v) is 22.9. The number of hydrogen-bond donors (Lipinski definition) is 0. The lowest BCUT2D eigenvalue weighted by molar-refractivity contribution is 0.148. The van der Waals surface area contributed by atoms with E-state index in [9.17, 15) is 0 Å². The second-order valence-corrected chi connectivity index (χ2v) is 11.0. The van der Waals surface area contributed by atoms with Crippen LogP contribution in [0.4, 0.5) is 5.82 Å². The number of likely N-dealkylation sites (N-methyl/N-ethyl adjacent to an activating group) is 1. The van der Waals surface area contributed by atoms with E-state index >= 15 is 0 Å². The quantitative estimate of drug-likeness (QED) is 0.390. The van der Waals surface area contributed by atoms with E-state index in [2.05, 4.69) is 69.9 Å². The van der Waals surface area contributed by atoms with Gasteiger partial charge in [-0.2, -0.15) is 10.1 Å². The molecule has 5 heterocycles. The van der Waals surface area contributed by atoms with E-state index in [1.54, 1.807) is 0 Å². The van der Waals surface area contributed by atoms with Gasteiger partial charge in [0.1, 0.15) is 11.6 Å². The highest BCUT2D eigenvalue weighted by molar-refractivity contribution is 5.59. The molecule has 9 nitrogen and oxygen atoms in total. The number of benzene rings is 1. The molecule has 0 radical (unpaired) electrons. The molecule has 38 heavy (non-hydrogen) atoms. The number of fused-ring (bicyclic) bond motifs is 1. The van der Waals surface area contributed by atoms with Gasteiger partial charge < -0.3 is 9.80 Å². The maximum Gasteiger partial charge on any atom is 0.252 e. The van der Waals surface area contributed by atoms with Crippen molar-refractivity contribution in [3.8, 4) is 11.3 Å². The van der Waals surface area contributed by atoms with Crippen LogP contribution in [0.2, 0.25) is 0 Å². The van der Waals surface area contributed by atoms with E-state index in [1.807, 2.05) is 23.8 Å². The first-order valence-electron chi connectivity index (χ1n) is 13.7. The van der Waals surface area contributed by atoms with E-state index in [0.717, 1.165) is 92.9 Å². The molecule has 0 bridgehead atoms. The molecule has 6 rings (SSSR count). The summed E-state index contributed by atoms with van der Waals surface area (Å²) in [4.78, 5) is 26.0. The van der Waals surface area contributed by atoms with Crippen molar-refractivity contribution in [2.75, 3.05) is 51.2 Å². The van der Waals surface area contributed by atoms with Crippen LogP contribution in [0.15, 0.2) is 36.7 Å². The van der Waals surface area contributed by atoms with Crippen molar-refractivity contribution in [3.63, 3.8) is 0 Å². The normalized spacial score (nSPS) is 19.1. The smallest absolute Gasteiger partial charge is 0.252 e. The molecule has 9 heteroatoms. The summed E-state index contributed by atoms with van der Waals surface area (Å²) in [6.07, 6.45) is 5.96. The maximum atomic E-state index is 4.80. The number of aromatic nitrogens is 6. The molecule has 4 aromatic rings. The third-order valence-corrected chi connectivity index (χ3v) is 8.15. The second-order valence-electron chi connectivity index (χ2n) is 11.0. The van der Waals surface area contributed by atoms with Gasteiger partial charge in [0.15, 0.2) is 0 Å². The van der Waals surface area contributed by atoms with Crippen LogP contribution in [-0.2, 0) is 13.0 Å². The Morgan fingerprint density at radius 3 is 2.42 bits per heavy atom. The van der Waals surface area contributed by atoms with E-state index in [4.69, 9.17) is 15.0 Å². The second kappa shape index (κ2) is 10.4. The van der Waals surface area contributed by atoms with Gasteiger partial charge in [-0.15, -0.1) is 0 Å². The molecule has 3 aromatic heterocycles. The summed E-state index contributed by atoms with van der Waals surface area (Å²) in [5.74, 6) is 2.95. The lowest BCUT2D eigenvalue weighted by Gasteiger charge is -2.32. The molecule has 0 amide bonds. The Balaban J connectivity index is 1.08. The fourth-order valence-electron chi connectivity index (χ4n) is 5.78. The van der Waals surface area contributed by atoms with Gasteiger partial charge in [0.2, 0.25) is 0 Å². The maximum absolute atomic E-state index is 4.80. The lowest BCUT2D eigenvalue weighted by atomic mass is 9.96. The summed E-state index contributed by atoms with van der Waals surface area (Å²) in [6.45, 7) is 13.7. The van der Waals surface area contributed by atoms with Crippen molar-refractivity contribution in [1.82, 2.24) is 39.3 Å². The third-order valence-electron chi connectivity index (χ3n) is 8.15. The van der Waals surface area contributed by atoms with Crippen molar-refractivity contribution < 1.29 is 0 Å². The average molecular weight is 512 g/mol. The van der Waals surface area contributed by atoms with Gasteiger partial charge in [-0.05, 0) is 57.7 Å². The van der Waals surface area contributed by atoms with Crippen molar-refractivity contribution in [1.29, 1.82) is 0 Å². The van der Waals surface area contributed by atoms with Crippen LogP contribution in [0.25, 0.3) is 17.0 Å². The minimum absolute atomic E-state index is 0.547. The van der Waals surface area contributed by atoms with Crippen LogP contribution in [0.1, 0.15) is 34.8 Å². The topological polar surface area (TPSA) is 78.6 Å². The minimum atomic E-state index is 0.547. The van der Waals surface area contributed by atoms with Crippen LogP contribution in [0.3, 0.4) is 0 Å². The molecule has 0 unspecified atom stereocenters.